The number of nitrogens with one attached hydrogen (secondary N) is 1. The van der Waals surface area contributed by atoms with Crippen molar-refractivity contribution in [2.75, 3.05) is 11.9 Å². The van der Waals surface area contributed by atoms with Crippen LogP contribution in [-0.2, 0) is 17.6 Å². The zero-order valence-corrected chi connectivity index (χ0v) is 15.9. The van der Waals surface area contributed by atoms with Gasteiger partial charge in [-0.15, -0.1) is 17.8 Å². The van der Waals surface area contributed by atoms with Crippen LogP contribution in [0.4, 0.5) is 5.00 Å². The maximum absolute atomic E-state index is 12.7. The van der Waals surface area contributed by atoms with Gasteiger partial charge in [0.1, 0.15) is 35.1 Å². The summed E-state index contributed by atoms with van der Waals surface area (Å²) in [6.45, 7) is 0.0885. The largest absolute Gasteiger partial charge is 0.480 e. The van der Waals surface area contributed by atoms with Crippen LogP contribution in [-0.4, -0.2) is 12.5 Å². The number of terminal acetylenes is 1. The predicted molar refractivity (Wildman–Crippen MR) is 109 cm³/mol. The fourth-order valence-electron chi connectivity index (χ4n) is 3.10. The van der Waals surface area contributed by atoms with E-state index >= 15 is 0 Å². The van der Waals surface area contributed by atoms with Crippen LogP contribution in [0.3, 0.4) is 0 Å². The van der Waals surface area contributed by atoms with Gasteiger partial charge in [0.05, 0.1) is 5.56 Å². The summed E-state index contributed by atoms with van der Waals surface area (Å²) >= 11 is 1.43. The molecule has 1 heterocycles. The molecule has 0 saturated carbocycles. The summed E-state index contributed by atoms with van der Waals surface area (Å²) in [6.07, 6.45) is 10.6. The van der Waals surface area contributed by atoms with E-state index in [0.29, 0.717) is 21.9 Å². The molecule has 0 fully saturated rings. The quantitative estimate of drug-likeness (QED) is 0.476. The lowest BCUT2D eigenvalue weighted by Crippen LogP contribution is -2.13. The van der Waals surface area contributed by atoms with Crippen molar-refractivity contribution in [2.24, 2.45) is 0 Å². The summed E-state index contributed by atoms with van der Waals surface area (Å²) in [5.74, 6) is 2.33. The third-order valence-electron chi connectivity index (χ3n) is 4.41. The highest BCUT2D eigenvalue weighted by Crippen LogP contribution is 2.37. The fraction of sp³-hybridized carbons (Fsp3) is 0.227. The normalized spacial score (nSPS) is 12.8. The molecule has 0 atom stereocenters. The predicted octanol–water partition coefficient (Wildman–Crippen LogP) is 4.06. The van der Waals surface area contributed by atoms with Gasteiger partial charge < -0.3 is 10.1 Å². The lowest BCUT2D eigenvalue weighted by atomic mass is 9.96. The number of amides is 1. The molecule has 0 spiro atoms. The van der Waals surface area contributed by atoms with Gasteiger partial charge in [-0.25, -0.2) is 0 Å². The topological polar surface area (TPSA) is 85.9 Å². The van der Waals surface area contributed by atoms with Crippen molar-refractivity contribution in [3.8, 4) is 30.2 Å². The van der Waals surface area contributed by atoms with E-state index in [1.165, 1.54) is 17.4 Å². The molecule has 1 amide bonds. The molecule has 1 aliphatic carbocycles. The van der Waals surface area contributed by atoms with Gasteiger partial charge in [-0.05, 0) is 43.4 Å². The number of fused-ring (bicyclic) bond motifs is 1. The molecule has 1 N–H and O–H groups in total. The Hall–Kier alpha value is -3.53. The molecule has 0 aliphatic heterocycles. The number of thiophene rings is 1. The Morgan fingerprint density at radius 1 is 1.29 bits per heavy atom. The number of rotatable bonds is 5. The van der Waals surface area contributed by atoms with E-state index in [9.17, 15) is 15.3 Å². The molecule has 2 aromatic rings. The van der Waals surface area contributed by atoms with E-state index in [4.69, 9.17) is 11.2 Å². The minimum Gasteiger partial charge on any atom is -0.480 e. The minimum atomic E-state index is -0.552. The average Bonchev–Trinajstić information content (AvgIpc) is 3.07. The third-order valence-corrected chi connectivity index (χ3v) is 5.61. The molecule has 5 nitrogen and oxygen atoms in total. The molecule has 0 unspecified atom stereocenters. The Morgan fingerprint density at radius 2 is 2.07 bits per heavy atom. The summed E-state index contributed by atoms with van der Waals surface area (Å²) in [7, 11) is 0. The number of carbonyl (C=O) groups excluding carboxylic acids is 1. The molecule has 0 bridgehead atoms. The number of para-hydroxylation sites is 1. The van der Waals surface area contributed by atoms with Gasteiger partial charge in [0.25, 0.3) is 5.91 Å². The van der Waals surface area contributed by atoms with Crippen molar-refractivity contribution in [3.05, 3.63) is 51.4 Å². The van der Waals surface area contributed by atoms with Gasteiger partial charge in [0, 0.05) is 10.4 Å². The SMILES string of the molecule is C#CCOc1ccccc1/C=C(\C#N)C(=O)Nc1sc2c(c1C#N)CCCC2. The molecular formula is C22H17N3O2S. The number of nitrogens with zero attached hydrogens (tertiary/aromatic N) is 2. The molecule has 0 radical (unpaired) electrons. The first kappa shape index (κ1) is 19.2. The highest BCUT2D eigenvalue weighted by molar-refractivity contribution is 7.16. The number of benzene rings is 1. The van der Waals surface area contributed by atoms with Crippen molar-refractivity contribution in [1.82, 2.24) is 0 Å². The molecule has 6 heteroatoms. The maximum atomic E-state index is 12.7. The van der Waals surface area contributed by atoms with E-state index in [0.717, 1.165) is 36.1 Å². The molecule has 138 valence electrons. The van der Waals surface area contributed by atoms with Crippen LogP contribution in [0.2, 0.25) is 0 Å². The van der Waals surface area contributed by atoms with Crippen molar-refractivity contribution in [3.63, 3.8) is 0 Å². The summed E-state index contributed by atoms with van der Waals surface area (Å²) in [5.41, 5.74) is 2.05. The first-order chi connectivity index (χ1) is 13.7. The van der Waals surface area contributed by atoms with Crippen molar-refractivity contribution < 1.29 is 9.53 Å². The van der Waals surface area contributed by atoms with E-state index in [2.05, 4.69) is 17.3 Å². The number of hydrogen-bond acceptors (Lipinski definition) is 5. The smallest absolute Gasteiger partial charge is 0.266 e. The first-order valence-corrected chi connectivity index (χ1v) is 9.62. The number of anilines is 1. The number of ether oxygens (including phenoxy) is 1. The van der Waals surface area contributed by atoms with E-state index < -0.39 is 5.91 Å². The highest BCUT2D eigenvalue weighted by atomic mass is 32.1. The lowest BCUT2D eigenvalue weighted by Gasteiger charge is -2.09. The number of carbonyl (C=O) groups is 1. The minimum absolute atomic E-state index is 0.0768. The fourth-order valence-corrected chi connectivity index (χ4v) is 4.33. The number of aryl methyl sites for hydroxylation is 1. The van der Waals surface area contributed by atoms with Gasteiger partial charge in [0.2, 0.25) is 0 Å². The number of nitriles is 2. The van der Waals surface area contributed by atoms with Gasteiger partial charge in [-0.1, -0.05) is 24.1 Å². The maximum Gasteiger partial charge on any atom is 0.266 e. The lowest BCUT2D eigenvalue weighted by molar-refractivity contribution is -0.112. The second-order valence-corrected chi connectivity index (χ2v) is 7.29. The highest BCUT2D eigenvalue weighted by Gasteiger charge is 2.22. The standard InChI is InChI=1S/C22H17N3O2S/c1-2-11-27-19-9-5-3-7-15(19)12-16(13-23)21(26)25-22-18(14-24)17-8-4-6-10-20(17)28-22/h1,3,5,7,9,12H,4,6,8,10-11H2,(H,25,26)/b16-12+. The van der Waals surface area contributed by atoms with Crippen LogP contribution in [0.15, 0.2) is 29.8 Å². The number of hydrogen-bond donors (Lipinski definition) is 1. The summed E-state index contributed by atoms with van der Waals surface area (Å²) in [4.78, 5) is 13.8. The Balaban J connectivity index is 1.87. The molecule has 3 rings (SSSR count). The molecule has 1 aromatic heterocycles. The summed E-state index contributed by atoms with van der Waals surface area (Å²) < 4.78 is 5.46. The van der Waals surface area contributed by atoms with Crippen LogP contribution in [0.1, 0.15) is 34.4 Å². The summed E-state index contributed by atoms with van der Waals surface area (Å²) in [5, 5.41) is 22.3. The van der Waals surface area contributed by atoms with Crippen molar-refractivity contribution >= 4 is 28.3 Å². The Bertz CT molecular complexity index is 1060. The monoisotopic (exact) mass is 387 g/mol. The van der Waals surface area contributed by atoms with E-state index in [1.54, 1.807) is 24.3 Å². The average molecular weight is 387 g/mol. The van der Waals surface area contributed by atoms with Crippen molar-refractivity contribution in [1.29, 1.82) is 10.5 Å². The van der Waals surface area contributed by atoms with E-state index in [1.807, 2.05) is 6.07 Å². The second kappa shape index (κ2) is 8.91. The molecular weight excluding hydrogens is 370 g/mol. The second-order valence-electron chi connectivity index (χ2n) is 6.18. The molecule has 0 saturated heterocycles. The van der Waals surface area contributed by atoms with Crippen LogP contribution >= 0.6 is 11.3 Å². The van der Waals surface area contributed by atoms with Gasteiger partial charge in [-0.3, -0.25) is 4.79 Å². The Labute approximate surface area is 167 Å². The van der Waals surface area contributed by atoms with Crippen molar-refractivity contribution in [2.45, 2.75) is 25.7 Å². The van der Waals surface area contributed by atoms with Gasteiger partial charge >= 0.3 is 0 Å². The van der Waals surface area contributed by atoms with Gasteiger partial charge in [0.15, 0.2) is 0 Å². The molecule has 28 heavy (non-hydrogen) atoms. The molecule has 1 aliphatic rings. The Morgan fingerprint density at radius 3 is 2.82 bits per heavy atom. The van der Waals surface area contributed by atoms with Gasteiger partial charge in [-0.2, -0.15) is 10.5 Å². The summed E-state index contributed by atoms with van der Waals surface area (Å²) in [6, 6.07) is 11.1. The van der Waals surface area contributed by atoms with E-state index in [-0.39, 0.29) is 12.2 Å². The zero-order valence-electron chi connectivity index (χ0n) is 15.1. The third kappa shape index (κ3) is 4.07. The van der Waals surface area contributed by atoms with Crippen LogP contribution in [0.25, 0.3) is 6.08 Å². The zero-order chi connectivity index (χ0) is 19.9. The van der Waals surface area contributed by atoms with Crippen LogP contribution in [0, 0.1) is 35.0 Å². The Kier molecular flexibility index (Phi) is 6.12. The first-order valence-electron chi connectivity index (χ1n) is 8.81. The van der Waals surface area contributed by atoms with Crippen LogP contribution < -0.4 is 10.1 Å². The van der Waals surface area contributed by atoms with Crippen LogP contribution in [0.5, 0.6) is 5.75 Å². The molecule has 1 aromatic carbocycles.